The molecular weight excluding hydrogens is 328 g/mol. The first-order valence-corrected chi connectivity index (χ1v) is 7.99. The van der Waals surface area contributed by atoms with E-state index in [-0.39, 0.29) is 10.9 Å². The monoisotopic (exact) mass is 348 g/mol. The lowest BCUT2D eigenvalue weighted by molar-refractivity contribution is -0.186. The first-order valence-electron chi connectivity index (χ1n) is 7.99. The molecule has 1 fully saturated rings. The Morgan fingerprint density at radius 1 is 1.24 bits per heavy atom. The van der Waals surface area contributed by atoms with Crippen LogP contribution >= 0.6 is 0 Å². The lowest BCUT2D eigenvalue weighted by atomic mass is 10.1. The molecule has 0 saturated carbocycles. The third kappa shape index (κ3) is 3.45. The van der Waals surface area contributed by atoms with Gasteiger partial charge in [-0.3, -0.25) is 9.59 Å². The molecule has 1 saturated heterocycles. The molecule has 3 rings (SSSR count). The zero-order valence-corrected chi connectivity index (χ0v) is 14.1. The minimum atomic E-state index is -0.651. The second-order valence-electron chi connectivity index (χ2n) is 5.60. The van der Waals surface area contributed by atoms with Crippen LogP contribution in [0, 0.1) is 0 Å². The molecule has 1 aliphatic rings. The van der Waals surface area contributed by atoms with Gasteiger partial charge in [0.05, 0.1) is 25.1 Å². The molecular formula is C17H20N2O6. The van der Waals surface area contributed by atoms with Crippen molar-refractivity contribution in [3.8, 4) is 11.5 Å². The molecule has 2 heterocycles. The van der Waals surface area contributed by atoms with E-state index in [4.69, 9.17) is 19.0 Å². The normalized spacial score (nSPS) is 17.3. The topological polar surface area (TPSA) is 98.9 Å². The Bertz CT molecular complexity index is 826. The number of methoxy groups -OCH3 is 2. The van der Waals surface area contributed by atoms with Gasteiger partial charge in [-0.25, -0.2) is 10.3 Å². The Kier molecular flexibility index (Phi) is 5.20. The van der Waals surface area contributed by atoms with Crippen molar-refractivity contribution in [2.24, 2.45) is 0 Å². The number of hydrogen-bond donors (Lipinski definition) is 2. The summed E-state index contributed by atoms with van der Waals surface area (Å²) in [5, 5.41) is 0.239. The first kappa shape index (κ1) is 17.2. The van der Waals surface area contributed by atoms with Crippen LogP contribution in [0.3, 0.4) is 0 Å². The smallest absolute Gasteiger partial charge is 0.280 e. The van der Waals surface area contributed by atoms with Crippen molar-refractivity contribution in [3.05, 3.63) is 34.1 Å². The van der Waals surface area contributed by atoms with Gasteiger partial charge in [-0.05, 0) is 25.0 Å². The fourth-order valence-corrected chi connectivity index (χ4v) is 2.76. The van der Waals surface area contributed by atoms with Gasteiger partial charge < -0.3 is 19.2 Å². The highest BCUT2D eigenvalue weighted by Crippen LogP contribution is 2.29. The van der Waals surface area contributed by atoms with Crippen LogP contribution in [0.2, 0.25) is 0 Å². The van der Waals surface area contributed by atoms with Crippen LogP contribution in [0.5, 0.6) is 11.5 Å². The average molecular weight is 348 g/mol. The number of benzene rings is 1. The summed E-state index contributed by atoms with van der Waals surface area (Å²) in [7, 11) is 2.95. The highest BCUT2D eigenvalue weighted by atomic mass is 16.8. The molecule has 0 radical (unpaired) electrons. The second kappa shape index (κ2) is 7.54. The molecule has 134 valence electrons. The summed E-state index contributed by atoms with van der Waals surface area (Å²) in [5.74, 6) is 0.178. The number of rotatable bonds is 5. The number of pyridine rings is 1. The molecule has 1 atom stereocenters. The van der Waals surface area contributed by atoms with Gasteiger partial charge in [-0.2, -0.15) is 0 Å². The van der Waals surface area contributed by atoms with Gasteiger partial charge in [0, 0.05) is 19.2 Å². The highest BCUT2D eigenvalue weighted by molar-refractivity contribution is 5.99. The number of aromatic amines is 1. The molecule has 1 aliphatic heterocycles. The molecule has 1 amide bonds. The van der Waals surface area contributed by atoms with E-state index in [1.807, 2.05) is 0 Å². The Labute approximate surface area is 144 Å². The molecule has 2 N–H and O–H groups in total. The minimum absolute atomic E-state index is 0.0881. The maximum Gasteiger partial charge on any atom is 0.280 e. The fraction of sp³-hybridized carbons (Fsp3) is 0.412. The van der Waals surface area contributed by atoms with Crippen molar-refractivity contribution in [3.63, 3.8) is 0 Å². The van der Waals surface area contributed by atoms with Crippen LogP contribution < -0.4 is 20.4 Å². The number of H-pyrrole nitrogens is 1. The molecule has 8 heteroatoms. The van der Waals surface area contributed by atoms with Crippen molar-refractivity contribution in [2.45, 2.75) is 25.6 Å². The average Bonchev–Trinajstić information content (AvgIpc) is 2.66. The lowest BCUT2D eigenvalue weighted by Gasteiger charge is -2.22. The number of aromatic nitrogens is 1. The van der Waals surface area contributed by atoms with Crippen LogP contribution in [0.1, 0.15) is 29.6 Å². The van der Waals surface area contributed by atoms with Gasteiger partial charge in [0.2, 0.25) is 5.43 Å². The number of ether oxygens (including phenoxy) is 3. The Morgan fingerprint density at radius 2 is 2.00 bits per heavy atom. The van der Waals surface area contributed by atoms with Crippen LogP contribution in [-0.2, 0) is 9.57 Å². The molecule has 0 aliphatic carbocycles. The SMILES string of the molecule is COc1ccc(OC)c2c(=O)c(C(=O)NOC3CCCCO3)c[nH]c12. The quantitative estimate of drug-likeness (QED) is 0.799. The molecule has 0 spiro atoms. The van der Waals surface area contributed by atoms with Gasteiger partial charge in [-0.1, -0.05) is 0 Å². The van der Waals surface area contributed by atoms with E-state index in [1.54, 1.807) is 12.1 Å². The third-order valence-corrected chi connectivity index (χ3v) is 4.07. The van der Waals surface area contributed by atoms with Gasteiger partial charge in [0.25, 0.3) is 5.91 Å². The van der Waals surface area contributed by atoms with Gasteiger partial charge in [0.15, 0.2) is 6.29 Å². The number of carbonyl (C=O) groups is 1. The maximum atomic E-state index is 12.8. The van der Waals surface area contributed by atoms with Crippen LogP contribution in [0.25, 0.3) is 10.9 Å². The van der Waals surface area contributed by atoms with Crippen molar-refractivity contribution in [1.82, 2.24) is 10.5 Å². The molecule has 1 aromatic heterocycles. The third-order valence-electron chi connectivity index (χ3n) is 4.07. The Balaban J connectivity index is 1.90. The molecule has 0 bridgehead atoms. The minimum Gasteiger partial charge on any atom is -0.496 e. The summed E-state index contributed by atoms with van der Waals surface area (Å²) in [6.45, 7) is 0.591. The number of fused-ring (bicyclic) bond motifs is 1. The second-order valence-corrected chi connectivity index (χ2v) is 5.60. The summed E-state index contributed by atoms with van der Waals surface area (Å²) in [5.41, 5.74) is 2.18. The lowest BCUT2D eigenvalue weighted by Crippen LogP contribution is -2.35. The standard InChI is InChI=1S/C17H20N2O6/c1-22-11-6-7-12(23-2)15-14(11)16(20)10(9-18-15)17(21)19-25-13-5-3-4-8-24-13/h6-7,9,13H,3-5,8H2,1-2H3,(H,18,20)(H,19,21). The van der Waals surface area contributed by atoms with Crippen LogP contribution in [0.15, 0.2) is 23.1 Å². The number of nitrogens with one attached hydrogen (secondary N) is 2. The van der Waals surface area contributed by atoms with Crippen molar-refractivity contribution < 1.29 is 23.8 Å². The predicted molar refractivity (Wildman–Crippen MR) is 89.8 cm³/mol. The predicted octanol–water partition coefficient (Wildman–Crippen LogP) is 1.73. The van der Waals surface area contributed by atoms with E-state index in [0.717, 1.165) is 12.8 Å². The van der Waals surface area contributed by atoms with Gasteiger partial charge in [0.1, 0.15) is 17.1 Å². The number of hydroxylamine groups is 1. The molecule has 1 aromatic carbocycles. The van der Waals surface area contributed by atoms with E-state index in [1.165, 1.54) is 20.4 Å². The van der Waals surface area contributed by atoms with Crippen LogP contribution in [-0.4, -0.2) is 38.0 Å². The Morgan fingerprint density at radius 3 is 2.68 bits per heavy atom. The fourth-order valence-electron chi connectivity index (χ4n) is 2.76. The van der Waals surface area contributed by atoms with E-state index < -0.39 is 17.6 Å². The van der Waals surface area contributed by atoms with E-state index in [0.29, 0.717) is 30.0 Å². The zero-order valence-electron chi connectivity index (χ0n) is 14.1. The highest BCUT2D eigenvalue weighted by Gasteiger charge is 2.20. The van der Waals surface area contributed by atoms with E-state index in [9.17, 15) is 9.59 Å². The summed E-state index contributed by atoms with van der Waals surface area (Å²) >= 11 is 0. The van der Waals surface area contributed by atoms with E-state index in [2.05, 4.69) is 10.5 Å². The zero-order chi connectivity index (χ0) is 17.8. The number of amides is 1. The summed E-state index contributed by atoms with van der Waals surface area (Å²) in [6.07, 6.45) is 3.46. The molecule has 2 aromatic rings. The van der Waals surface area contributed by atoms with Crippen molar-refractivity contribution in [1.29, 1.82) is 0 Å². The molecule has 1 unspecified atom stereocenters. The molecule has 25 heavy (non-hydrogen) atoms. The van der Waals surface area contributed by atoms with Crippen LogP contribution in [0.4, 0.5) is 0 Å². The van der Waals surface area contributed by atoms with Crippen molar-refractivity contribution >= 4 is 16.8 Å². The number of hydrogen-bond acceptors (Lipinski definition) is 6. The maximum absolute atomic E-state index is 12.8. The van der Waals surface area contributed by atoms with Gasteiger partial charge in [-0.15, -0.1) is 0 Å². The van der Waals surface area contributed by atoms with Gasteiger partial charge >= 0.3 is 0 Å². The summed E-state index contributed by atoms with van der Waals surface area (Å²) in [6, 6.07) is 3.30. The Hall–Kier alpha value is -2.58. The first-order chi connectivity index (χ1) is 12.2. The number of carbonyl (C=O) groups excluding carboxylic acids is 1. The van der Waals surface area contributed by atoms with E-state index >= 15 is 0 Å². The van der Waals surface area contributed by atoms with Crippen molar-refractivity contribution in [2.75, 3.05) is 20.8 Å². The largest absolute Gasteiger partial charge is 0.496 e. The summed E-state index contributed by atoms with van der Waals surface area (Å²) in [4.78, 5) is 33.2. The summed E-state index contributed by atoms with van der Waals surface area (Å²) < 4.78 is 15.9. The molecule has 8 nitrogen and oxygen atoms in total.